The fourth-order valence-corrected chi connectivity index (χ4v) is 2.26. The molecule has 17 heavy (non-hydrogen) atoms. The van der Waals surface area contributed by atoms with Crippen LogP contribution in [0, 0.1) is 5.92 Å². The van der Waals surface area contributed by atoms with Crippen molar-refractivity contribution in [2.45, 2.75) is 11.9 Å². The lowest BCUT2D eigenvalue weighted by Gasteiger charge is -2.08. The summed E-state index contributed by atoms with van der Waals surface area (Å²) in [6.45, 7) is 2.14. The Labute approximate surface area is 102 Å². The summed E-state index contributed by atoms with van der Waals surface area (Å²) in [4.78, 5) is 8.41. The maximum atomic E-state index is 8.99. The minimum Gasteiger partial charge on any atom is -0.396 e. The third-order valence-electron chi connectivity index (χ3n) is 2.22. The molecule has 1 unspecified atom stereocenters. The number of aromatic nitrogens is 4. The quantitative estimate of drug-likeness (QED) is 0.264. The number of hydrogen-bond donors (Lipinski definition) is 4. The van der Waals surface area contributed by atoms with E-state index in [-0.39, 0.29) is 12.5 Å². The van der Waals surface area contributed by atoms with E-state index in [0.29, 0.717) is 11.6 Å². The van der Waals surface area contributed by atoms with E-state index in [2.05, 4.69) is 25.6 Å². The number of nitrogens with zero attached hydrogens (tertiary/aromatic N) is 3. The molecule has 0 aliphatic heterocycles. The summed E-state index contributed by atoms with van der Waals surface area (Å²) in [7, 11) is 0. The first-order chi connectivity index (χ1) is 8.24. The van der Waals surface area contributed by atoms with Gasteiger partial charge in [-0.2, -0.15) is 10.1 Å². The summed E-state index contributed by atoms with van der Waals surface area (Å²) in [5, 5.41) is 17.4. The van der Waals surface area contributed by atoms with E-state index in [4.69, 9.17) is 10.9 Å². The third kappa shape index (κ3) is 2.65. The molecular weight excluding hydrogens is 240 g/mol. The number of aliphatic hydroxyl groups is 1. The monoisotopic (exact) mass is 254 g/mol. The van der Waals surface area contributed by atoms with E-state index in [1.165, 1.54) is 0 Å². The highest BCUT2D eigenvalue weighted by atomic mass is 32.2. The predicted molar refractivity (Wildman–Crippen MR) is 66.5 cm³/mol. The highest BCUT2D eigenvalue weighted by molar-refractivity contribution is 7.99. The maximum Gasteiger partial charge on any atom is 0.240 e. The highest BCUT2D eigenvalue weighted by Gasteiger charge is 2.11. The Kier molecular flexibility index (Phi) is 3.77. The molecule has 2 heterocycles. The molecule has 0 aromatic carbocycles. The molecule has 8 heteroatoms. The molecule has 0 aliphatic carbocycles. The normalized spacial score (nSPS) is 12.9. The van der Waals surface area contributed by atoms with Crippen LogP contribution in [-0.4, -0.2) is 37.6 Å². The zero-order chi connectivity index (χ0) is 12.3. The Morgan fingerprint density at radius 2 is 2.41 bits per heavy atom. The number of hydrazine groups is 1. The molecule has 5 N–H and O–H groups in total. The first-order valence-corrected chi connectivity index (χ1v) is 6.14. The van der Waals surface area contributed by atoms with E-state index in [0.717, 1.165) is 16.2 Å². The fourth-order valence-electron chi connectivity index (χ4n) is 1.26. The summed E-state index contributed by atoms with van der Waals surface area (Å²) in [6.07, 6.45) is 1.68. The van der Waals surface area contributed by atoms with Crippen LogP contribution in [0.4, 0.5) is 5.95 Å². The number of nitrogen functional groups attached to an aromatic ring is 1. The molecule has 92 valence electrons. The molecule has 0 bridgehead atoms. The van der Waals surface area contributed by atoms with Gasteiger partial charge in [0, 0.05) is 12.4 Å². The average molecular weight is 254 g/mol. The van der Waals surface area contributed by atoms with Gasteiger partial charge in [0.2, 0.25) is 5.95 Å². The summed E-state index contributed by atoms with van der Waals surface area (Å²) < 4.78 is 0. The number of aliphatic hydroxyl groups excluding tert-OH is 1. The molecule has 1 atom stereocenters. The maximum absolute atomic E-state index is 8.99. The van der Waals surface area contributed by atoms with Gasteiger partial charge in [-0.05, 0) is 5.92 Å². The number of nitrogens with two attached hydrogens (primary N) is 1. The van der Waals surface area contributed by atoms with Gasteiger partial charge in [-0.15, -0.1) is 11.8 Å². The summed E-state index contributed by atoms with van der Waals surface area (Å²) in [5.74, 6) is 6.64. The summed E-state index contributed by atoms with van der Waals surface area (Å²) in [6, 6.07) is 0. The van der Waals surface area contributed by atoms with Crippen LogP contribution >= 0.6 is 11.8 Å². The standard InChI is InChI=1S/C9H14N6OS/c1-5(3-16)4-17-8-6-2-11-15-7(6)12-9(13-8)14-10/h2,5,16H,3-4,10H2,1H3,(H2,11,12,13,14,15). The van der Waals surface area contributed by atoms with Gasteiger partial charge >= 0.3 is 0 Å². The van der Waals surface area contributed by atoms with Crippen molar-refractivity contribution in [3.8, 4) is 0 Å². The van der Waals surface area contributed by atoms with Gasteiger partial charge < -0.3 is 5.11 Å². The molecule has 0 saturated carbocycles. The number of hydrogen-bond acceptors (Lipinski definition) is 7. The van der Waals surface area contributed by atoms with E-state index in [1.54, 1.807) is 18.0 Å². The Morgan fingerprint density at radius 1 is 1.59 bits per heavy atom. The van der Waals surface area contributed by atoms with Gasteiger partial charge in [-0.25, -0.2) is 10.8 Å². The van der Waals surface area contributed by atoms with Crippen molar-refractivity contribution < 1.29 is 5.11 Å². The van der Waals surface area contributed by atoms with Crippen LogP contribution in [0.1, 0.15) is 6.92 Å². The zero-order valence-corrected chi connectivity index (χ0v) is 10.2. The minimum atomic E-state index is 0.161. The van der Waals surface area contributed by atoms with Crippen LogP contribution in [0.2, 0.25) is 0 Å². The minimum absolute atomic E-state index is 0.161. The van der Waals surface area contributed by atoms with Crippen LogP contribution in [0.25, 0.3) is 11.0 Å². The molecule has 0 fully saturated rings. The second-order valence-electron chi connectivity index (χ2n) is 3.73. The summed E-state index contributed by atoms with van der Waals surface area (Å²) in [5.41, 5.74) is 3.06. The van der Waals surface area contributed by atoms with Gasteiger partial charge in [0.25, 0.3) is 0 Å². The SMILES string of the molecule is CC(CO)CSc1nc(NN)nc2[nH]ncc12. The lowest BCUT2D eigenvalue weighted by atomic mass is 10.2. The Bertz CT molecular complexity index is 501. The first kappa shape index (κ1) is 12.1. The van der Waals surface area contributed by atoms with Crippen molar-refractivity contribution in [2.24, 2.45) is 11.8 Å². The molecular formula is C9H14N6OS. The van der Waals surface area contributed by atoms with Crippen molar-refractivity contribution in [3.63, 3.8) is 0 Å². The number of anilines is 1. The fraction of sp³-hybridized carbons (Fsp3) is 0.444. The van der Waals surface area contributed by atoms with Gasteiger partial charge in [0.1, 0.15) is 5.03 Å². The number of nitrogens with one attached hydrogen (secondary N) is 2. The molecule has 0 amide bonds. The topological polar surface area (TPSA) is 113 Å². The lowest BCUT2D eigenvalue weighted by Crippen LogP contribution is -2.11. The second-order valence-corrected chi connectivity index (χ2v) is 4.74. The Hall–Kier alpha value is -1.38. The molecule has 0 saturated heterocycles. The molecule has 7 nitrogen and oxygen atoms in total. The van der Waals surface area contributed by atoms with Crippen molar-refractivity contribution in [3.05, 3.63) is 6.20 Å². The van der Waals surface area contributed by atoms with Crippen molar-refractivity contribution in [1.29, 1.82) is 0 Å². The second kappa shape index (κ2) is 5.30. The van der Waals surface area contributed by atoms with Crippen LogP contribution in [0.5, 0.6) is 0 Å². The van der Waals surface area contributed by atoms with E-state index in [1.807, 2.05) is 6.92 Å². The lowest BCUT2D eigenvalue weighted by molar-refractivity contribution is 0.250. The van der Waals surface area contributed by atoms with E-state index < -0.39 is 0 Å². The first-order valence-electron chi connectivity index (χ1n) is 5.16. The zero-order valence-electron chi connectivity index (χ0n) is 9.34. The molecule has 0 spiro atoms. The smallest absolute Gasteiger partial charge is 0.240 e. The molecule has 0 radical (unpaired) electrons. The molecule has 2 rings (SSSR count). The predicted octanol–water partition coefficient (Wildman–Crippen LogP) is 0.359. The van der Waals surface area contributed by atoms with Crippen molar-refractivity contribution in [2.75, 3.05) is 17.8 Å². The Morgan fingerprint density at radius 3 is 3.12 bits per heavy atom. The number of fused-ring (bicyclic) bond motifs is 1. The average Bonchev–Trinajstić information content (AvgIpc) is 2.83. The third-order valence-corrected chi connectivity index (χ3v) is 3.54. The van der Waals surface area contributed by atoms with E-state index in [9.17, 15) is 0 Å². The van der Waals surface area contributed by atoms with Gasteiger partial charge in [-0.1, -0.05) is 6.92 Å². The van der Waals surface area contributed by atoms with Gasteiger partial charge in [0.15, 0.2) is 5.65 Å². The van der Waals surface area contributed by atoms with Crippen molar-refractivity contribution in [1.82, 2.24) is 20.2 Å². The highest BCUT2D eigenvalue weighted by Crippen LogP contribution is 2.26. The van der Waals surface area contributed by atoms with Crippen LogP contribution in [-0.2, 0) is 0 Å². The van der Waals surface area contributed by atoms with Crippen LogP contribution in [0.15, 0.2) is 11.2 Å². The van der Waals surface area contributed by atoms with Crippen LogP contribution in [0.3, 0.4) is 0 Å². The molecule has 2 aromatic heterocycles. The number of H-pyrrole nitrogens is 1. The van der Waals surface area contributed by atoms with Crippen LogP contribution < -0.4 is 11.3 Å². The van der Waals surface area contributed by atoms with Gasteiger partial charge in [-0.3, -0.25) is 10.5 Å². The number of rotatable bonds is 5. The molecule has 0 aliphatic rings. The number of aromatic amines is 1. The molecule has 2 aromatic rings. The van der Waals surface area contributed by atoms with Crippen molar-refractivity contribution >= 4 is 28.7 Å². The van der Waals surface area contributed by atoms with Gasteiger partial charge in [0.05, 0.1) is 11.6 Å². The van der Waals surface area contributed by atoms with E-state index >= 15 is 0 Å². The number of thioether (sulfide) groups is 1. The largest absolute Gasteiger partial charge is 0.396 e. The summed E-state index contributed by atoms with van der Waals surface area (Å²) >= 11 is 1.55. The Balaban J connectivity index is 2.27.